The number of nitrogens with zero attached hydrogens (tertiary/aromatic N) is 2. The zero-order valence-electron chi connectivity index (χ0n) is 10.6. The summed E-state index contributed by atoms with van der Waals surface area (Å²) in [5.74, 6) is 1.14. The summed E-state index contributed by atoms with van der Waals surface area (Å²) in [6.45, 7) is 0.498. The van der Waals surface area contributed by atoms with Crippen molar-refractivity contribution in [3.8, 4) is 11.5 Å². The lowest BCUT2D eigenvalue weighted by Crippen LogP contribution is -2.00. The molecule has 100 valence electrons. The van der Waals surface area contributed by atoms with Crippen LogP contribution in [0.3, 0.4) is 0 Å². The molecule has 1 aromatic heterocycles. The smallest absolute Gasteiger partial charge is 0.257 e. The van der Waals surface area contributed by atoms with Crippen molar-refractivity contribution in [3.05, 3.63) is 65.4 Å². The predicted molar refractivity (Wildman–Crippen MR) is 78.5 cm³/mol. The molecule has 2 aromatic carbocycles. The van der Waals surface area contributed by atoms with Gasteiger partial charge in [0.2, 0.25) is 0 Å². The Morgan fingerprint density at radius 3 is 2.50 bits per heavy atom. The first-order chi connectivity index (χ1) is 9.81. The Morgan fingerprint density at radius 2 is 1.75 bits per heavy atom. The van der Waals surface area contributed by atoms with Crippen LogP contribution in [0.4, 0.5) is 5.69 Å². The summed E-state index contributed by atoms with van der Waals surface area (Å²) >= 11 is 5.83. The minimum absolute atomic E-state index is 0.498. The van der Waals surface area contributed by atoms with E-state index in [4.69, 9.17) is 16.1 Å². The van der Waals surface area contributed by atoms with E-state index in [1.165, 1.54) is 0 Å². The van der Waals surface area contributed by atoms with Gasteiger partial charge >= 0.3 is 0 Å². The third-order valence-electron chi connectivity index (χ3n) is 2.78. The Bertz CT molecular complexity index is 680. The molecule has 0 saturated heterocycles. The maximum Gasteiger partial charge on any atom is 0.257 e. The van der Waals surface area contributed by atoms with Crippen molar-refractivity contribution in [3.63, 3.8) is 0 Å². The maximum absolute atomic E-state index is 5.83. The van der Waals surface area contributed by atoms with Gasteiger partial charge < -0.3 is 9.84 Å². The SMILES string of the molecule is Clc1ccc(NCc2noc(-c3ccccc3)n2)cc1. The summed E-state index contributed by atoms with van der Waals surface area (Å²) in [6, 6.07) is 17.2. The molecule has 1 heterocycles. The first kappa shape index (κ1) is 12.7. The lowest BCUT2D eigenvalue weighted by molar-refractivity contribution is 0.423. The van der Waals surface area contributed by atoms with Crippen molar-refractivity contribution in [1.29, 1.82) is 0 Å². The maximum atomic E-state index is 5.83. The van der Waals surface area contributed by atoms with Crippen LogP contribution in [0.2, 0.25) is 5.02 Å². The van der Waals surface area contributed by atoms with E-state index >= 15 is 0 Å². The zero-order valence-corrected chi connectivity index (χ0v) is 11.3. The Morgan fingerprint density at radius 1 is 1.00 bits per heavy atom. The largest absolute Gasteiger partial charge is 0.378 e. The lowest BCUT2D eigenvalue weighted by Gasteiger charge is -2.02. The second-order valence-corrected chi connectivity index (χ2v) is 4.68. The number of hydrogen-bond acceptors (Lipinski definition) is 4. The van der Waals surface area contributed by atoms with Crippen molar-refractivity contribution in [2.45, 2.75) is 6.54 Å². The van der Waals surface area contributed by atoms with E-state index in [-0.39, 0.29) is 0 Å². The van der Waals surface area contributed by atoms with Gasteiger partial charge in [-0.05, 0) is 36.4 Å². The Kier molecular flexibility index (Phi) is 3.65. The van der Waals surface area contributed by atoms with Crippen LogP contribution in [-0.4, -0.2) is 10.1 Å². The molecule has 4 nitrogen and oxygen atoms in total. The molecular formula is C15H12ClN3O. The average Bonchev–Trinajstić information content (AvgIpc) is 2.97. The van der Waals surface area contributed by atoms with Gasteiger partial charge in [0.15, 0.2) is 5.82 Å². The number of anilines is 1. The van der Waals surface area contributed by atoms with Crippen molar-refractivity contribution < 1.29 is 4.52 Å². The predicted octanol–water partition coefficient (Wildman–Crippen LogP) is 4.00. The molecule has 0 saturated carbocycles. The number of halogens is 1. The van der Waals surface area contributed by atoms with Gasteiger partial charge in [-0.2, -0.15) is 4.98 Å². The fourth-order valence-electron chi connectivity index (χ4n) is 1.77. The molecule has 0 aliphatic carbocycles. The first-order valence-electron chi connectivity index (χ1n) is 6.19. The van der Waals surface area contributed by atoms with Gasteiger partial charge in [0.05, 0.1) is 6.54 Å². The topological polar surface area (TPSA) is 51.0 Å². The van der Waals surface area contributed by atoms with Crippen molar-refractivity contribution in [2.75, 3.05) is 5.32 Å². The van der Waals surface area contributed by atoms with Crippen molar-refractivity contribution in [2.24, 2.45) is 0 Å². The van der Waals surface area contributed by atoms with Crippen molar-refractivity contribution in [1.82, 2.24) is 10.1 Å². The van der Waals surface area contributed by atoms with Crippen LogP contribution in [0.1, 0.15) is 5.82 Å². The van der Waals surface area contributed by atoms with Crippen molar-refractivity contribution >= 4 is 17.3 Å². The highest BCUT2D eigenvalue weighted by Gasteiger charge is 2.07. The molecule has 1 N–H and O–H groups in total. The number of aromatic nitrogens is 2. The molecule has 0 aliphatic heterocycles. The third kappa shape index (κ3) is 2.97. The summed E-state index contributed by atoms with van der Waals surface area (Å²) in [5, 5.41) is 7.87. The Labute approximate surface area is 121 Å². The third-order valence-corrected chi connectivity index (χ3v) is 3.04. The van der Waals surface area contributed by atoms with Crippen LogP contribution in [0.5, 0.6) is 0 Å². The highest BCUT2D eigenvalue weighted by molar-refractivity contribution is 6.30. The molecule has 3 rings (SSSR count). The number of nitrogens with one attached hydrogen (secondary N) is 1. The fourth-order valence-corrected chi connectivity index (χ4v) is 1.90. The first-order valence-corrected chi connectivity index (χ1v) is 6.56. The molecule has 0 atom stereocenters. The van der Waals surface area contributed by atoms with Crippen LogP contribution in [0.15, 0.2) is 59.1 Å². The standard InChI is InChI=1S/C15H12ClN3O/c16-12-6-8-13(9-7-12)17-10-14-18-15(20-19-14)11-4-2-1-3-5-11/h1-9,17H,10H2. The van der Waals surface area contributed by atoms with E-state index in [2.05, 4.69) is 15.5 Å². The quantitative estimate of drug-likeness (QED) is 0.787. The summed E-state index contributed by atoms with van der Waals surface area (Å²) in [7, 11) is 0. The van der Waals surface area contributed by atoms with Crippen LogP contribution >= 0.6 is 11.6 Å². The van der Waals surface area contributed by atoms with E-state index < -0.39 is 0 Å². The van der Waals surface area contributed by atoms with E-state index in [0.29, 0.717) is 23.3 Å². The molecule has 5 heteroatoms. The molecule has 0 bridgehead atoms. The second kappa shape index (κ2) is 5.75. The summed E-state index contributed by atoms with van der Waals surface area (Å²) < 4.78 is 5.24. The number of rotatable bonds is 4. The molecule has 0 radical (unpaired) electrons. The average molecular weight is 286 g/mol. The van der Waals surface area contributed by atoms with Crippen LogP contribution in [-0.2, 0) is 6.54 Å². The van der Waals surface area contributed by atoms with E-state index in [9.17, 15) is 0 Å². The molecule has 3 aromatic rings. The van der Waals surface area contributed by atoms with Gasteiger partial charge in [-0.15, -0.1) is 0 Å². The molecule has 20 heavy (non-hydrogen) atoms. The van der Waals surface area contributed by atoms with E-state index in [1.54, 1.807) is 0 Å². The van der Waals surface area contributed by atoms with E-state index in [0.717, 1.165) is 11.3 Å². The van der Waals surface area contributed by atoms with Crippen LogP contribution < -0.4 is 5.32 Å². The van der Waals surface area contributed by atoms with Crippen LogP contribution in [0, 0.1) is 0 Å². The van der Waals surface area contributed by atoms with Gasteiger partial charge in [0, 0.05) is 16.3 Å². The minimum atomic E-state index is 0.498. The highest BCUT2D eigenvalue weighted by Crippen LogP contribution is 2.17. The molecule has 0 amide bonds. The number of benzene rings is 2. The zero-order chi connectivity index (χ0) is 13.8. The van der Waals surface area contributed by atoms with Gasteiger partial charge in [-0.1, -0.05) is 35.0 Å². The van der Waals surface area contributed by atoms with Gasteiger partial charge in [0.25, 0.3) is 5.89 Å². The summed E-state index contributed by atoms with van der Waals surface area (Å²) in [6.07, 6.45) is 0. The Hall–Kier alpha value is -2.33. The Balaban J connectivity index is 1.67. The fraction of sp³-hybridized carbons (Fsp3) is 0.0667. The van der Waals surface area contributed by atoms with Gasteiger partial charge in [-0.3, -0.25) is 0 Å². The highest BCUT2D eigenvalue weighted by atomic mass is 35.5. The van der Waals surface area contributed by atoms with Gasteiger partial charge in [0.1, 0.15) is 0 Å². The second-order valence-electron chi connectivity index (χ2n) is 4.24. The normalized spacial score (nSPS) is 10.4. The molecule has 0 fully saturated rings. The lowest BCUT2D eigenvalue weighted by atomic mass is 10.2. The van der Waals surface area contributed by atoms with Gasteiger partial charge in [-0.25, -0.2) is 0 Å². The molecule has 0 aliphatic rings. The number of hydrogen-bond donors (Lipinski definition) is 1. The van der Waals surface area contributed by atoms with E-state index in [1.807, 2.05) is 54.6 Å². The molecular weight excluding hydrogens is 274 g/mol. The summed E-state index contributed by atoms with van der Waals surface area (Å²) in [4.78, 5) is 4.35. The molecule has 0 spiro atoms. The molecule has 0 unspecified atom stereocenters. The van der Waals surface area contributed by atoms with Crippen LogP contribution in [0.25, 0.3) is 11.5 Å². The minimum Gasteiger partial charge on any atom is -0.378 e. The summed E-state index contributed by atoms with van der Waals surface area (Å²) in [5.41, 5.74) is 1.87. The monoisotopic (exact) mass is 285 g/mol.